The molecule has 0 unspecified atom stereocenters. The second-order valence-electron chi connectivity index (χ2n) is 2.51. The normalized spacial score (nSPS) is 10.5. The average Bonchev–Trinajstić information content (AvgIpc) is 2.03. The zero-order valence-electron chi connectivity index (χ0n) is 6.79. The first-order valence-electron chi connectivity index (χ1n) is 3.50. The summed E-state index contributed by atoms with van der Waals surface area (Å²) in [7, 11) is 0. The van der Waals surface area contributed by atoms with Gasteiger partial charge in [0.2, 0.25) is 0 Å². The number of pyridine rings is 1. The van der Waals surface area contributed by atoms with E-state index in [1.165, 1.54) is 6.92 Å². The van der Waals surface area contributed by atoms with Crippen LogP contribution in [0.15, 0.2) is 12.4 Å². The summed E-state index contributed by atoms with van der Waals surface area (Å²) in [6, 6.07) is 0. The summed E-state index contributed by atoms with van der Waals surface area (Å²) in [4.78, 5) is 13.9. The van der Waals surface area contributed by atoms with Gasteiger partial charge < -0.3 is 5.11 Å². The van der Waals surface area contributed by atoms with Gasteiger partial charge in [-0.25, -0.2) is 13.6 Å². The molecule has 0 aliphatic carbocycles. The molecule has 0 radical (unpaired) electrons. The largest absolute Gasteiger partial charge is 0.478 e. The van der Waals surface area contributed by atoms with Crippen LogP contribution in [0.1, 0.15) is 27.9 Å². The van der Waals surface area contributed by atoms with Crippen LogP contribution in [0.3, 0.4) is 0 Å². The highest BCUT2D eigenvalue weighted by molar-refractivity contribution is 5.89. The number of halogens is 2. The van der Waals surface area contributed by atoms with Crippen molar-refractivity contribution in [3.8, 4) is 0 Å². The maximum atomic E-state index is 12.2. The quantitative estimate of drug-likeness (QED) is 0.770. The van der Waals surface area contributed by atoms with Gasteiger partial charge in [0.1, 0.15) is 0 Å². The van der Waals surface area contributed by atoms with E-state index in [2.05, 4.69) is 4.98 Å². The highest BCUT2D eigenvalue weighted by Gasteiger charge is 2.16. The van der Waals surface area contributed by atoms with Crippen LogP contribution < -0.4 is 0 Å². The predicted molar refractivity (Wildman–Crippen MR) is 40.9 cm³/mol. The lowest BCUT2D eigenvalue weighted by Crippen LogP contribution is -2.04. The van der Waals surface area contributed by atoms with Crippen LogP contribution in [-0.2, 0) is 0 Å². The molecule has 0 amide bonds. The smallest absolute Gasteiger partial charge is 0.337 e. The molecular formula is C8H7F2NO2. The first-order chi connectivity index (χ1) is 6.04. The van der Waals surface area contributed by atoms with Crippen molar-refractivity contribution in [3.63, 3.8) is 0 Å². The predicted octanol–water partition coefficient (Wildman–Crippen LogP) is 2.03. The summed E-state index contributed by atoms with van der Waals surface area (Å²) in [6.45, 7) is 1.34. The van der Waals surface area contributed by atoms with Gasteiger partial charge in [-0.2, -0.15) is 0 Å². The molecule has 1 heterocycles. The molecule has 0 aliphatic heterocycles. The van der Waals surface area contributed by atoms with Crippen LogP contribution in [0.2, 0.25) is 0 Å². The highest BCUT2D eigenvalue weighted by atomic mass is 19.3. The minimum Gasteiger partial charge on any atom is -0.478 e. The van der Waals surface area contributed by atoms with Gasteiger partial charge in [-0.3, -0.25) is 4.98 Å². The maximum Gasteiger partial charge on any atom is 0.337 e. The molecule has 5 heteroatoms. The molecule has 1 N–H and O–H groups in total. The molecule has 0 aromatic carbocycles. The third-order valence-corrected chi connectivity index (χ3v) is 1.72. The number of aromatic nitrogens is 1. The Morgan fingerprint density at radius 1 is 1.54 bits per heavy atom. The van der Waals surface area contributed by atoms with Crippen molar-refractivity contribution in [2.45, 2.75) is 13.3 Å². The van der Waals surface area contributed by atoms with Gasteiger partial charge in [-0.15, -0.1) is 0 Å². The minimum atomic E-state index is -2.69. The maximum absolute atomic E-state index is 12.2. The van der Waals surface area contributed by atoms with E-state index in [-0.39, 0.29) is 16.7 Å². The summed E-state index contributed by atoms with van der Waals surface area (Å²) in [5, 5.41) is 8.59. The molecule has 0 spiro atoms. The Morgan fingerprint density at radius 2 is 2.15 bits per heavy atom. The number of carboxylic acid groups (broad SMARTS) is 1. The van der Waals surface area contributed by atoms with E-state index in [1.54, 1.807) is 0 Å². The number of rotatable bonds is 2. The third kappa shape index (κ3) is 1.80. The Kier molecular flexibility index (Phi) is 2.55. The topological polar surface area (TPSA) is 50.2 Å². The molecular weight excluding hydrogens is 180 g/mol. The van der Waals surface area contributed by atoms with Gasteiger partial charge in [-0.05, 0) is 12.5 Å². The summed E-state index contributed by atoms with van der Waals surface area (Å²) in [5.74, 6) is -1.24. The lowest BCUT2D eigenvalue weighted by Gasteiger charge is -2.05. The van der Waals surface area contributed by atoms with E-state index in [0.29, 0.717) is 0 Å². The molecule has 0 atom stereocenters. The van der Waals surface area contributed by atoms with Crippen molar-refractivity contribution in [2.24, 2.45) is 0 Å². The molecule has 0 aliphatic rings. The Labute approximate surface area is 73.0 Å². The molecule has 3 nitrogen and oxygen atoms in total. The second kappa shape index (κ2) is 3.47. The van der Waals surface area contributed by atoms with Crippen LogP contribution in [0.5, 0.6) is 0 Å². The molecule has 0 saturated heterocycles. The SMILES string of the molecule is Cc1c(C(=O)O)cncc1C(F)F. The zero-order valence-corrected chi connectivity index (χ0v) is 6.79. The number of carbonyl (C=O) groups is 1. The second-order valence-corrected chi connectivity index (χ2v) is 2.51. The highest BCUT2D eigenvalue weighted by Crippen LogP contribution is 2.23. The van der Waals surface area contributed by atoms with Gasteiger partial charge in [0.15, 0.2) is 0 Å². The van der Waals surface area contributed by atoms with Crippen molar-refractivity contribution >= 4 is 5.97 Å². The number of hydrogen-bond donors (Lipinski definition) is 1. The van der Waals surface area contributed by atoms with Crippen LogP contribution in [0.4, 0.5) is 8.78 Å². The van der Waals surface area contributed by atoms with Gasteiger partial charge >= 0.3 is 5.97 Å². The fourth-order valence-corrected chi connectivity index (χ4v) is 0.977. The monoisotopic (exact) mass is 187 g/mol. The Hall–Kier alpha value is -1.52. The molecule has 1 rings (SSSR count). The third-order valence-electron chi connectivity index (χ3n) is 1.72. The van der Waals surface area contributed by atoms with Gasteiger partial charge in [0.25, 0.3) is 6.43 Å². The van der Waals surface area contributed by atoms with Crippen molar-refractivity contribution in [1.82, 2.24) is 4.98 Å². The number of hydrogen-bond acceptors (Lipinski definition) is 2. The molecule has 0 saturated carbocycles. The summed E-state index contributed by atoms with van der Waals surface area (Å²) in [5.41, 5.74) is -0.449. The number of aromatic carboxylic acids is 1. The lowest BCUT2D eigenvalue weighted by atomic mass is 10.1. The van der Waals surface area contributed by atoms with Crippen LogP contribution in [0, 0.1) is 6.92 Å². The van der Waals surface area contributed by atoms with Crippen molar-refractivity contribution in [3.05, 3.63) is 29.1 Å². The van der Waals surface area contributed by atoms with Gasteiger partial charge in [-0.1, -0.05) is 0 Å². The lowest BCUT2D eigenvalue weighted by molar-refractivity contribution is 0.0695. The first kappa shape index (κ1) is 9.57. The van der Waals surface area contributed by atoms with E-state index in [1.807, 2.05) is 0 Å². The number of nitrogens with zero attached hydrogens (tertiary/aromatic N) is 1. The zero-order chi connectivity index (χ0) is 10.0. The summed E-state index contributed by atoms with van der Waals surface area (Å²) >= 11 is 0. The average molecular weight is 187 g/mol. The van der Waals surface area contributed by atoms with E-state index < -0.39 is 12.4 Å². The molecule has 0 bridgehead atoms. The van der Waals surface area contributed by atoms with Crippen LogP contribution in [-0.4, -0.2) is 16.1 Å². The standard InChI is InChI=1S/C8H7F2NO2/c1-4-5(7(9)10)2-11-3-6(4)8(12)13/h2-3,7H,1H3,(H,12,13). The van der Waals surface area contributed by atoms with Crippen LogP contribution in [0.25, 0.3) is 0 Å². The van der Waals surface area contributed by atoms with E-state index in [9.17, 15) is 13.6 Å². The fraction of sp³-hybridized carbons (Fsp3) is 0.250. The van der Waals surface area contributed by atoms with E-state index in [0.717, 1.165) is 12.4 Å². The van der Waals surface area contributed by atoms with Crippen molar-refractivity contribution < 1.29 is 18.7 Å². The summed E-state index contributed by atoms with van der Waals surface area (Å²) in [6.07, 6.45) is -0.650. The minimum absolute atomic E-state index is 0.0671. The van der Waals surface area contributed by atoms with Crippen molar-refractivity contribution in [1.29, 1.82) is 0 Å². The molecule has 1 aromatic rings. The summed E-state index contributed by atoms with van der Waals surface area (Å²) < 4.78 is 24.5. The number of alkyl halides is 2. The molecule has 1 aromatic heterocycles. The Morgan fingerprint density at radius 3 is 2.62 bits per heavy atom. The van der Waals surface area contributed by atoms with Gasteiger partial charge in [0.05, 0.1) is 5.56 Å². The Bertz CT molecular complexity index is 339. The van der Waals surface area contributed by atoms with E-state index in [4.69, 9.17) is 5.11 Å². The van der Waals surface area contributed by atoms with E-state index >= 15 is 0 Å². The number of carboxylic acids is 1. The Balaban J connectivity index is 3.26. The van der Waals surface area contributed by atoms with Crippen molar-refractivity contribution in [2.75, 3.05) is 0 Å². The first-order valence-corrected chi connectivity index (χ1v) is 3.50. The molecule has 70 valence electrons. The molecule has 13 heavy (non-hydrogen) atoms. The fourth-order valence-electron chi connectivity index (χ4n) is 0.977. The van der Waals surface area contributed by atoms with Crippen LogP contribution >= 0.6 is 0 Å². The molecule has 0 fully saturated rings. The van der Waals surface area contributed by atoms with Gasteiger partial charge in [0, 0.05) is 18.0 Å².